The maximum Gasteiger partial charge on any atom is 0.0701 e. The third kappa shape index (κ3) is 9.94. The number of hydrogen-bond donors (Lipinski definition) is 1. The van der Waals surface area contributed by atoms with E-state index in [4.69, 9.17) is 9.47 Å². The molecule has 0 bridgehead atoms. The molecule has 0 radical (unpaired) electrons. The average Bonchev–Trinajstić information content (AvgIpc) is 2.72. The van der Waals surface area contributed by atoms with Crippen LogP contribution in [-0.4, -0.2) is 70.1 Å². The fourth-order valence-corrected chi connectivity index (χ4v) is 3.61. The Morgan fingerprint density at radius 2 is 1.52 bits per heavy atom. The van der Waals surface area contributed by atoms with Gasteiger partial charge in [-0.25, -0.2) is 0 Å². The Hall–Kier alpha value is -1.14. The molecule has 5 heteroatoms. The quantitative estimate of drug-likeness (QED) is 0.477. The molecule has 166 valence electrons. The number of nitrogens with one attached hydrogen (secondary N) is 1. The Bertz CT molecular complexity index is 525. The molecule has 0 saturated carbocycles. The van der Waals surface area contributed by atoms with Crippen molar-refractivity contribution in [2.24, 2.45) is 5.92 Å². The highest BCUT2D eigenvalue weighted by Crippen LogP contribution is 2.18. The van der Waals surface area contributed by atoms with Crippen LogP contribution in [0.1, 0.15) is 46.1 Å². The van der Waals surface area contributed by atoms with Gasteiger partial charge in [-0.3, -0.25) is 4.90 Å². The molecule has 0 unspecified atom stereocenters. The molecule has 1 fully saturated rings. The molecule has 1 aliphatic heterocycles. The van der Waals surface area contributed by atoms with Crippen molar-refractivity contribution in [2.75, 3.05) is 64.1 Å². The molecule has 1 aromatic rings. The summed E-state index contributed by atoms with van der Waals surface area (Å²) in [4.78, 5) is 5.05. The molecule has 0 atom stereocenters. The highest BCUT2D eigenvalue weighted by atomic mass is 16.5. The van der Waals surface area contributed by atoms with Gasteiger partial charge in [0.2, 0.25) is 0 Å². The number of ether oxygens (including phenoxy) is 2. The number of rotatable bonds is 14. The molecule has 1 saturated heterocycles. The number of hydrogen-bond acceptors (Lipinski definition) is 5. The number of piperazine rings is 1. The molecule has 1 heterocycles. The first-order valence-corrected chi connectivity index (χ1v) is 11.5. The van der Waals surface area contributed by atoms with E-state index in [-0.39, 0.29) is 0 Å². The second-order valence-electron chi connectivity index (χ2n) is 8.72. The molecule has 1 aromatic carbocycles. The van der Waals surface area contributed by atoms with Crippen LogP contribution in [0.25, 0.3) is 0 Å². The Balaban J connectivity index is 1.49. The van der Waals surface area contributed by atoms with E-state index in [0.29, 0.717) is 19.3 Å². The van der Waals surface area contributed by atoms with E-state index < -0.39 is 0 Å². The molecule has 1 aliphatic rings. The zero-order valence-electron chi connectivity index (χ0n) is 19.2. The Kier molecular flexibility index (Phi) is 11.6. The van der Waals surface area contributed by atoms with Gasteiger partial charge in [0.15, 0.2) is 0 Å². The van der Waals surface area contributed by atoms with Crippen LogP contribution in [0.2, 0.25) is 0 Å². The van der Waals surface area contributed by atoms with Gasteiger partial charge in [-0.1, -0.05) is 26.0 Å². The third-order valence-corrected chi connectivity index (χ3v) is 5.54. The fraction of sp³-hybridized carbons (Fsp3) is 0.750. The molecule has 29 heavy (non-hydrogen) atoms. The van der Waals surface area contributed by atoms with Crippen molar-refractivity contribution >= 4 is 5.69 Å². The van der Waals surface area contributed by atoms with E-state index in [1.165, 1.54) is 17.7 Å². The first-order valence-electron chi connectivity index (χ1n) is 11.5. The van der Waals surface area contributed by atoms with E-state index in [1.807, 2.05) is 0 Å². The smallest absolute Gasteiger partial charge is 0.0701 e. The summed E-state index contributed by atoms with van der Waals surface area (Å²) in [6, 6.07) is 9.65. The summed E-state index contributed by atoms with van der Waals surface area (Å²) in [5.41, 5.74) is 2.66. The topological polar surface area (TPSA) is 37.0 Å². The minimum atomic E-state index is 0.650. The Labute approximate surface area is 178 Å². The summed E-state index contributed by atoms with van der Waals surface area (Å²) in [5, 5.41) is 3.46. The highest BCUT2D eigenvalue weighted by Gasteiger charge is 2.18. The number of nitrogens with zero attached hydrogens (tertiary/aromatic N) is 2. The fourth-order valence-electron chi connectivity index (χ4n) is 3.61. The van der Waals surface area contributed by atoms with Crippen LogP contribution in [0.5, 0.6) is 0 Å². The minimum Gasteiger partial charge on any atom is -0.379 e. The molecule has 1 N–H and O–H groups in total. The zero-order valence-corrected chi connectivity index (χ0v) is 19.2. The maximum atomic E-state index is 5.62. The lowest BCUT2D eigenvalue weighted by atomic mass is 10.1. The number of anilines is 1. The van der Waals surface area contributed by atoms with Gasteiger partial charge in [0, 0.05) is 57.6 Å². The van der Waals surface area contributed by atoms with Crippen molar-refractivity contribution in [2.45, 2.75) is 53.1 Å². The molecular formula is C24H43N3O2. The predicted octanol–water partition coefficient (Wildman–Crippen LogP) is 3.78. The molecule has 0 aliphatic carbocycles. The van der Waals surface area contributed by atoms with Crippen LogP contribution in [0.4, 0.5) is 5.69 Å². The third-order valence-electron chi connectivity index (χ3n) is 5.54. The van der Waals surface area contributed by atoms with E-state index in [1.54, 1.807) is 0 Å². The molecule has 0 spiro atoms. The summed E-state index contributed by atoms with van der Waals surface area (Å²) in [6.45, 7) is 18.3. The van der Waals surface area contributed by atoms with Gasteiger partial charge in [-0.05, 0) is 50.3 Å². The van der Waals surface area contributed by atoms with Crippen LogP contribution >= 0.6 is 0 Å². The predicted molar refractivity (Wildman–Crippen MR) is 123 cm³/mol. The summed E-state index contributed by atoms with van der Waals surface area (Å²) < 4.78 is 11.2. The largest absolute Gasteiger partial charge is 0.379 e. The van der Waals surface area contributed by atoms with Crippen molar-refractivity contribution in [3.8, 4) is 0 Å². The summed E-state index contributed by atoms with van der Waals surface area (Å²) >= 11 is 0. The normalized spacial score (nSPS) is 15.6. The van der Waals surface area contributed by atoms with Gasteiger partial charge in [0.1, 0.15) is 0 Å². The van der Waals surface area contributed by atoms with Crippen molar-refractivity contribution in [1.29, 1.82) is 0 Å². The van der Waals surface area contributed by atoms with Crippen LogP contribution < -0.4 is 10.2 Å². The first-order chi connectivity index (χ1) is 14.1. The maximum absolute atomic E-state index is 5.62. The SMILES string of the molecule is CC(C)CCCOCCOCCNCc1ccc(N2CCN(C(C)C)CC2)cc1. The number of benzene rings is 1. The lowest BCUT2D eigenvalue weighted by molar-refractivity contribution is 0.0466. The average molecular weight is 406 g/mol. The van der Waals surface area contributed by atoms with Crippen molar-refractivity contribution in [3.63, 3.8) is 0 Å². The van der Waals surface area contributed by atoms with Crippen molar-refractivity contribution < 1.29 is 9.47 Å². The molecule has 2 rings (SSSR count). The van der Waals surface area contributed by atoms with Crippen molar-refractivity contribution in [3.05, 3.63) is 29.8 Å². The summed E-state index contributed by atoms with van der Waals surface area (Å²) in [7, 11) is 0. The molecule has 5 nitrogen and oxygen atoms in total. The van der Waals surface area contributed by atoms with Crippen molar-refractivity contribution in [1.82, 2.24) is 10.2 Å². The molecule has 0 aromatic heterocycles. The highest BCUT2D eigenvalue weighted by molar-refractivity contribution is 5.48. The van der Waals surface area contributed by atoms with Gasteiger partial charge >= 0.3 is 0 Å². The Morgan fingerprint density at radius 3 is 2.14 bits per heavy atom. The molecule has 0 amide bonds. The van der Waals surface area contributed by atoms with Gasteiger partial charge in [0.25, 0.3) is 0 Å². The van der Waals surface area contributed by atoms with Gasteiger partial charge in [-0.15, -0.1) is 0 Å². The monoisotopic (exact) mass is 405 g/mol. The first kappa shape index (κ1) is 24.1. The lowest BCUT2D eigenvalue weighted by Crippen LogP contribution is -2.48. The van der Waals surface area contributed by atoms with Crippen LogP contribution in [0, 0.1) is 5.92 Å². The van der Waals surface area contributed by atoms with Gasteiger partial charge in [-0.2, -0.15) is 0 Å². The van der Waals surface area contributed by atoms with Crippen LogP contribution in [-0.2, 0) is 16.0 Å². The summed E-state index contributed by atoms with van der Waals surface area (Å²) in [5.74, 6) is 0.762. The van der Waals surface area contributed by atoms with E-state index in [9.17, 15) is 0 Å². The lowest BCUT2D eigenvalue weighted by Gasteiger charge is -2.38. The van der Waals surface area contributed by atoms with Crippen LogP contribution in [0.15, 0.2) is 24.3 Å². The zero-order chi connectivity index (χ0) is 20.9. The van der Waals surface area contributed by atoms with E-state index in [2.05, 4.69) is 67.1 Å². The summed E-state index contributed by atoms with van der Waals surface area (Å²) in [6.07, 6.45) is 2.38. The molecular weight excluding hydrogens is 362 g/mol. The van der Waals surface area contributed by atoms with E-state index in [0.717, 1.165) is 64.8 Å². The minimum absolute atomic E-state index is 0.650. The standard InChI is InChI=1S/C24H43N3O2/c1-21(2)6-5-16-28-18-19-29-17-11-25-20-23-7-9-24(10-8-23)27-14-12-26(13-15-27)22(3)4/h7-10,21-22,25H,5-6,11-20H2,1-4H3. The van der Waals surface area contributed by atoms with Crippen LogP contribution in [0.3, 0.4) is 0 Å². The van der Waals surface area contributed by atoms with Gasteiger partial charge < -0.3 is 19.7 Å². The second kappa shape index (κ2) is 14.0. The second-order valence-corrected chi connectivity index (χ2v) is 8.72. The van der Waals surface area contributed by atoms with E-state index >= 15 is 0 Å². The Morgan fingerprint density at radius 1 is 0.862 bits per heavy atom. The van der Waals surface area contributed by atoms with Gasteiger partial charge in [0.05, 0.1) is 19.8 Å².